The minimum atomic E-state index is -4.65. The largest absolute Gasteiger partial charge is 0.756 e. The Kier molecular flexibility index (Phi) is 65.5. The van der Waals surface area contributed by atoms with Gasteiger partial charge in [0.25, 0.3) is 7.82 Å². The lowest BCUT2D eigenvalue weighted by atomic mass is 10.0. The average molecular weight is 1250 g/mol. The number of hydrogen-bond donors (Lipinski definition) is 0. The van der Waals surface area contributed by atoms with Gasteiger partial charge in [-0.25, -0.2) is 0 Å². The van der Waals surface area contributed by atoms with Crippen LogP contribution < -0.4 is 4.89 Å². The van der Waals surface area contributed by atoms with Gasteiger partial charge in [-0.2, -0.15) is 0 Å². The zero-order chi connectivity index (χ0) is 64.1. The minimum absolute atomic E-state index is 0.0324. The number of allylic oxidation sites excluding steroid dienone is 18. The summed E-state index contributed by atoms with van der Waals surface area (Å²) in [4.78, 5) is 38.1. The van der Waals surface area contributed by atoms with Gasteiger partial charge in [0.2, 0.25) is 0 Å². The maximum absolute atomic E-state index is 12.9. The van der Waals surface area contributed by atoms with E-state index in [1.54, 1.807) is 0 Å². The van der Waals surface area contributed by atoms with Crippen molar-refractivity contribution in [1.82, 2.24) is 0 Å². The van der Waals surface area contributed by atoms with E-state index >= 15 is 0 Å². The van der Waals surface area contributed by atoms with Crippen LogP contribution in [-0.2, 0) is 32.7 Å². The van der Waals surface area contributed by atoms with E-state index in [2.05, 4.69) is 123 Å². The highest BCUT2D eigenvalue weighted by Gasteiger charge is 2.22. The first-order valence-electron chi connectivity index (χ1n) is 36.6. The standard InChI is InChI=1S/C78H138NO8P/c1-6-8-10-12-14-16-18-20-22-24-26-28-30-32-34-36-37-38-39-40-41-43-45-47-49-51-53-55-57-59-61-63-65-67-69-71-78(81)87-76(75-86-88(82,83)85-73-72-79(3,4)5)74-84-77(80)70-68-66-64-62-60-58-56-54-52-50-48-46-44-42-35-33-31-29-27-25-23-21-19-17-15-13-11-9-7-2/h8-11,14-17,20-23,26-29,32,34,76H,6-7,12-13,18-19,24-25,30-31,33,35-75H2,1-5H3/b10-8-,11-9-,16-14-,17-15-,22-20-,23-21-,28-26-,29-27-,34-32-. The number of likely N-dealkylation sites (N-methyl/N-ethyl adjacent to an activating group) is 1. The first kappa shape index (κ1) is 84.7. The number of rotatable bonds is 67. The van der Waals surface area contributed by atoms with Crippen LogP contribution in [0.5, 0.6) is 0 Å². The van der Waals surface area contributed by atoms with E-state index in [4.69, 9.17) is 18.5 Å². The first-order chi connectivity index (χ1) is 43.0. The van der Waals surface area contributed by atoms with E-state index in [1.165, 1.54) is 193 Å². The Morgan fingerprint density at radius 3 is 0.909 bits per heavy atom. The van der Waals surface area contributed by atoms with E-state index in [0.717, 1.165) is 96.3 Å². The molecule has 0 heterocycles. The third-order valence-electron chi connectivity index (χ3n) is 15.8. The fraction of sp³-hybridized carbons (Fsp3) is 0.744. The molecule has 0 N–H and O–H groups in total. The summed E-state index contributed by atoms with van der Waals surface area (Å²) in [6.45, 7) is 4.05. The average Bonchev–Trinajstić information content (AvgIpc) is 3.57. The molecular formula is C78H138NO8P. The Balaban J connectivity index is 3.99. The number of unbranched alkanes of at least 4 members (excludes halogenated alkanes) is 35. The van der Waals surface area contributed by atoms with Gasteiger partial charge in [0.1, 0.15) is 19.8 Å². The highest BCUT2D eigenvalue weighted by molar-refractivity contribution is 7.45. The van der Waals surface area contributed by atoms with Crippen LogP contribution in [0.25, 0.3) is 0 Å². The molecule has 0 fully saturated rings. The van der Waals surface area contributed by atoms with Crippen molar-refractivity contribution in [2.45, 2.75) is 328 Å². The number of carbonyl (C=O) groups is 2. The monoisotopic (exact) mass is 1250 g/mol. The molecular weight excluding hydrogens is 1110 g/mol. The third-order valence-corrected chi connectivity index (χ3v) is 16.8. The van der Waals surface area contributed by atoms with Crippen molar-refractivity contribution in [1.29, 1.82) is 0 Å². The molecule has 0 amide bonds. The maximum atomic E-state index is 12.9. The fourth-order valence-corrected chi connectivity index (χ4v) is 11.0. The fourth-order valence-electron chi connectivity index (χ4n) is 10.3. The summed E-state index contributed by atoms with van der Waals surface area (Å²) in [5.41, 5.74) is 0. The van der Waals surface area contributed by atoms with E-state index in [9.17, 15) is 19.0 Å². The van der Waals surface area contributed by atoms with Crippen LogP contribution in [0.3, 0.4) is 0 Å². The van der Waals surface area contributed by atoms with Crippen LogP contribution in [0.15, 0.2) is 109 Å². The molecule has 2 unspecified atom stereocenters. The van der Waals surface area contributed by atoms with Crippen LogP contribution in [0, 0.1) is 0 Å². The van der Waals surface area contributed by atoms with E-state index < -0.39 is 26.5 Å². The molecule has 508 valence electrons. The summed E-state index contributed by atoms with van der Waals surface area (Å²) in [5, 5.41) is 0. The molecule has 0 radical (unpaired) electrons. The van der Waals surface area contributed by atoms with Gasteiger partial charge in [0.05, 0.1) is 27.7 Å². The molecule has 0 aliphatic heterocycles. The smallest absolute Gasteiger partial charge is 0.306 e. The second-order valence-corrected chi connectivity index (χ2v) is 27.0. The lowest BCUT2D eigenvalue weighted by molar-refractivity contribution is -0.870. The molecule has 9 nitrogen and oxygen atoms in total. The molecule has 0 saturated carbocycles. The zero-order valence-corrected chi connectivity index (χ0v) is 58.8. The Hall–Kier alpha value is -3.33. The summed E-state index contributed by atoms with van der Waals surface area (Å²) >= 11 is 0. The minimum Gasteiger partial charge on any atom is -0.756 e. The SMILES string of the molecule is CC/C=C\C/C=C\C/C=C\C/C=C\C/C=C\CCCCCCCCCCCCCCCCCCCCCC(=O)OC(COC(=O)CCCCCCCCCCCCCCCCCC/C=C\C/C=C\C/C=C\C/C=C\CC)COP(=O)([O-])OCC[N+](C)(C)C. The molecule has 10 heteroatoms. The molecule has 0 aromatic heterocycles. The number of nitrogens with zero attached hydrogens (tertiary/aromatic N) is 1. The van der Waals surface area contributed by atoms with Crippen molar-refractivity contribution in [3.63, 3.8) is 0 Å². The summed E-state index contributed by atoms with van der Waals surface area (Å²) < 4.78 is 34.4. The van der Waals surface area contributed by atoms with Crippen LogP contribution in [0.2, 0.25) is 0 Å². The van der Waals surface area contributed by atoms with Crippen LogP contribution in [0.4, 0.5) is 0 Å². The molecule has 0 saturated heterocycles. The topological polar surface area (TPSA) is 111 Å². The predicted molar refractivity (Wildman–Crippen MR) is 378 cm³/mol. The maximum Gasteiger partial charge on any atom is 0.306 e. The van der Waals surface area contributed by atoms with E-state index in [-0.39, 0.29) is 32.0 Å². The van der Waals surface area contributed by atoms with Crippen molar-refractivity contribution in [2.24, 2.45) is 0 Å². The van der Waals surface area contributed by atoms with Gasteiger partial charge in [-0.05, 0) is 96.3 Å². The number of ether oxygens (including phenoxy) is 2. The van der Waals surface area contributed by atoms with Gasteiger partial charge < -0.3 is 27.9 Å². The van der Waals surface area contributed by atoms with E-state index in [1.807, 2.05) is 21.1 Å². The lowest BCUT2D eigenvalue weighted by Gasteiger charge is -2.28. The Morgan fingerprint density at radius 2 is 0.614 bits per heavy atom. The Labute approximate surface area is 544 Å². The molecule has 0 aromatic carbocycles. The normalized spacial score (nSPS) is 13.8. The number of esters is 2. The number of phosphoric acid groups is 1. The predicted octanol–water partition coefficient (Wildman–Crippen LogP) is 23.4. The molecule has 0 aromatic rings. The van der Waals surface area contributed by atoms with Crippen molar-refractivity contribution < 1.29 is 42.1 Å². The van der Waals surface area contributed by atoms with Gasteiger partial charge in [-0.3, -0.25) is 14.2 Å². The highest BCUT2D eigenvalue weighted by Crippen LogP contribution is 2.38. The van der Waals surface area contributed by atoms with Crippen LogP contribution in [0.1, 0.15) is 322 Å². The second-order valence-electron chi connectivity index (χ2n) is 25.5. The van der Waals surface area contributed by atoms with Gasteiger partial charge in [0.15, 0.2) is 6.10 Å². The lowest BCUT2D eigenvalue weighted by Crippen LogP contribution is -2.37. The number of carbonyl (C=O) groups excluding carboxylic acids is 2. The first-order valence-corrected chi connectivity index (χ1v) is 38.1. The number of quaternary nitrogens is 1. The van der Waals surface area contributed by atoms with Gasteiger partial charge in [-0.1, -0.05) is 322 Å². The zero-order valence-electron chi connectivity index (χ0n) is 57.9. The van der Waals surface area contributed by atoms with Gasteiger partial charge >= 0.3 is 11.9 Å². The van der Waals surface area contributed by atoms with E-state index in [0.29, 0.717) is 17.4 Å². The summed E-state index contributed by atoms with van der Waals surface area (Å²) in [6, 6.07) is 0. The number of phosphoric ester groups is 1. The summed E-state index contributed by atoms with van der Waals surface area (Å²) in [7, 11) is 1.17. The summed E-state index contributed by atoms with van der Waals surface area (Å²) in [5.74, 6) is -0.822. The van der Waals surface area contributed by atoms with Crippen LogP contribution in [-0.4, -0.2) is 70.0 Å². The second kappa shape index (κ2) is 68.0. The van der Waals surface area contributed by atoms with Crippen LogP contribution >= 0.6 is 7.82 Å². The van der Waals surface area contributed by atoms with Crippen molar-refractivity contribution >= 4 is 19.8 Å². The molecule has 0 aliphatic carbocycles. The third kappa shape index (κ3) is 71.7. The number of hydrogen-bond acceptors (Lipinski definition) is 8. The van der Waals surface area contributed by atoms with Crippen molar-refractivity contribution in [3.8, 4) is 0 Å². The quantitative estimate of drug-likeness (QED) is 0.0195. The molecule has 2 atom stereocenters. The van der Waals surface area contributed by atoms with Crippen molar-refractivity contribution in [2.75, 3.05) is 47.5 Å². The van der Waals surface area contributed by atoms with Gasteiger partial charge in [-0.15, -0.1) is 0 Å². The highest BCUT2D eigenvalue weighted by atomic mass is 31.2. The molecule has 0 aliphatic rings. The van der Waals surface area contributed by atoms with Crippen molar-refractivity contribution in [3.05, 3.63) is 109 Å². The molecule has 0 rings (SSSR count). The molecule has 0 bridgehead atoms. The van der Waals surface area contributed by atoms with Gasteiger partial charge in [0, 0.05) is 12.8 Å². The molecule has 0 spiro atoms. The Morgan fingerprint density at radius 1 is 0.352 bits per heavy atom. The molecule has 88 heavy (non-hydrogen) atoms. The summed E-state index contributed by atoms with van der Waals surface area (Å²) in [6.07, 6.45) is 96.1. The Bertz CT molecular complexity index is 1850.